The molecule has 2 aliphatic rings. The minimum Gasteiger partial charge on any atom is -0.349 e. The van der Waals surface area contributed by atoms with Crippen molar-refractivity contribution >= 4 is 17.5 Å². The van der Waals surface area contributed by atoms with E-state index in [1.54, 1.807) is 12.4 Å². The van der Waals surface area contributed by atoms with Crippen molar-refractivity contribution in [1.82, 2.24) is 15.3 Å². The number of hydrogen-bond donors (Lipinski definition) is 1. The minimum atomic E-state index is -0.0758. The van der Waals surface area contributed by atoms with Crippen molar-refractivity contribution < 1.29 is 4.79 Å². The van der Waals surface area contributed by atoms with Gasteiger partial charge in [-0.2, -0.15) is 0 Å². The van der Waals surface area contributed by atoms with Gasteiger partial charge in [0, 0.05) is 30.7 Å². The second-order valence-electron chi connectivity index (χ2n) is 5.90. The molecular weight excluding hydrogens is 276 g/mol. The summed E-state index contributed by atoms with van der Waals surface area (Å²) in [5, 5.41) is 2.95. The van der Waals surface area contributed by atoms with Crippen LogP contribution in [-0.4, -0.2) is 28.5 Å². The van der Waals surface area contributed by atoms with Crippen molar-refractivity contribution in [3.63, 3.8) is 0 Å². The second-order valence-corrected chi connectivity index (χ2v) is 5.90. The summed E-state index contributed by atoms with van der Waals surface area (Å²) in [5.41, 5.74) is 3.03. The van der Waals surface area contributed by atoms with Gasteiger partial charge in [-0.25, -0.2) is 9.97 Å². The van der Waals surface area contributed by atoms with E-state index < -0.39 is 0 Å². The fourth-order valence-corrected chi connectivity index (χ4v) is 2.82. The smallest absolute Gasteiger partial charge is 0.254 e. The number of hydrogen-bond acceptors (Lipinski definition) is 4. The molecule has 2 heterocycles. The van der Waals surface area contributed by atoms with Crippen LogP contribution in [-0.2, 0) is 6.42 Å². The minimum absolute atomic E-state index is 0.0758. The molecule has 0 radical (unpaired) electrons. The molecule has 5 nitrogen and oxygen atoms in total. The van der Waals surface area contributed by atoms with Crippen LogP contribution in [0, 0.1) is 0 Å². The first kappa shape index (κ1) is 13.2. The van der Waals surface area contributed by atoms with Gasteiger partial charge in [0.1, 0.15) is 0 Å². The van der Waals surface area contributed by atoms with E-state index in [1.165, 1.54) is 11.3 Å². The Morgan fingerprint density at radius 1 is 1.18 bits per heavy atom. The third-order valence-electron chi connectivity index (χ3n) is 4.16. The number of carbonyl (C=O) groups is 1. The maximum atomic E-state index is 12.0. The zero-order valence-corrected chi connectivity index (χ0v) is 12.3. The number of nitrogens with zero attached hydrogens (tertiary/aromatic N) is 3. The van der Waals surface area contributed by atoms with Crippen LogP contribution in [0.2, 0.25) is 0 Å². The number of benzene rings is 1. The van der Waals surface area contributed by atoms with Crippen molar-refractivity contribution in [3.05, 3.63) is 47.8 Å². The van der Waals surface area contributed by atoms with E-state index in [0.717, 1.165) is 32.2 Å². The Balaban J connectivity index is 1.57. The van der Waals surface area contributed by atoms with E-state index in [4.69, 9.17) is 0 Å². The number of anilines is 2. The van der Waals surface area contributed by atoms with Crippen LogP contribution in [0.15, 0.2) is 36.7 Å². The van der Waals surface area contributed by atoms with E-state index in [1.807, 2.05) is 6.07 Å². The number of fused-ring (bicyclic) bond motifs is 1. The first-order valence-electron chi connectivity index (χ1n) is 7.79. The molecule has 0 atom stereocenters. The van der Waals surface area contributed by atoms with Gasteiger partial charge in [0.2, 0.25) is 5.95 Å². The monoisotopic (exact) mass is 294 g/mol. The van der Waals surface area contributed by atoms with Crippen molar-refractivity contribution in [3.8, 4) is 0 Å². The molecule has 1 N–H and O–H groups in total. The Morgan fingerprint density at radius 2 is 1.95 bits per heavy atom. The third kappa shape index (κ3) is 2.54. The Bertz CT molecular complexity index is 694. The van der Waals surface area contributed by atoms with Gasteiger partial charge in [-0.05, 0) is 37.3 Å². The average molecular weight is 294 g/mol. The highest BCUT2D eigenvalue weighted by Crippen LogP contribution is 2.31. The molecule has 0 spiro atoms. The number of aromatic nitrogens is 2. The van der Waals surface area contributed by atoms with Crippen LogP contribution in [0.25, 0.3) is 0 Å². The summed E-state index contributed by atoms with van der Waals surface area (Å²) in [6.07, 6.45) is 7.58. The van der Waals surface area contributed by atoms with Crippen LogP contribution in [0.5, 0.6) is 0 Å². The fraction of sp³-hybridized carbons (Fsp3) is 0.353. The molecule has 1 aromatic carbocycles. The Labute approximate surface area is 129 Å². The van der Waals surface area contributed by atoms with Crippen LogP contribution in [0.3, 0.4) is 0 Å². The molecule has 1 aliphatic carbocycles. The fourth-order valence-electron chi connectivity index (χ4n) is 2.82. The van der Waals surface area contributed by atoms with E-state index in [-0.39, 0.29) is 5.91 Å². The van der Waals surface area contributed by atoms with E-state index in [2.05, 4.69) is 38.4 Å². The largest absolute Gasteiger partial charge is 0.349 e. The molecular formula is C17H18N4O. The van der Waals surface area contributed by atoms with Gasteiger partial charge in [-0.3, -0.25) is 4.79 Å². The summed E-state index contributed by atoms with van der Waals surface area (Å²) in [4.78, 5) is 22.9. The summed E-state index contributed by atoms with van der Waals surface area (Å²) < 4.78 is 0. The van der Waals surface area contributed by atoms with Gasteiger partial charge in [-0.1, -0.05) is 18.2 Å². The SMILES string of the molecule is O=C(NC1CC1)c1cnc(N2CCCc3ccccc32)nc1. The van der Waals surface area contributed by atoms with Crippen LogP contribution >= 0.6 is 0 Å². The lowest BCUT2D eigenvalue weighted by molar-refractivity contribution is 0.0950. The summed E-state index contributed by atoms with van der Waals surface area (Å²) in [6, 6.07) is 8.70. The Hall–Kier alpha value is -2.43. The summed E-state index contributed by atoms with van der Waals surface area (Å²) in [7, 11) is 0. The van der Waals surface area contributed by atoms with Crippen molar-refractivity contribution in [1.29, 1.82) is 0 Å². The average Bonchev–Trinajstić information content (AvgIpc) is 3.38. The van der Waals surface area contributed by atoms with Gasteiger partial charge in [0.25, 0.3) is 5.91 Å². The van der Waals surface area contributed by atoms with E-state index in [0.29, 0.717) is 17.6 Å². The van der Waals surface area contributed by atoms with Crippen molar-refractivity contribution in [2.75, 3.05) is 11.4 Å². The Morgan fingerprint density at radius 3 is 2.73 bits per heavy atom. The van der Waals surface area contributed by atoms with Gasteiger partial charge in [-0.15, -0.1) is 0 Å². The molecule has 0 bridgehead atoms. The molecule has 1 aromatic heterocycles. The molecule has 2 aromatic rings. The van der Waals surface area contributed by atoms with Crippen LogP contribution < -0.4 is 10.2 Å². The maximum absolute atomic E-state index is 12.0. The molecule has 1 fully saturated rings. The molecule has 1 aliphatic heterocycles. The van der Waals surface area contributed by atoms with Gasteiger partial charge >= 0.3 is 0 Å². The van der Waals surface area contributed by atoms with Gasteiger partial charge in [0.05, 0.1) is 5.56 Å². The molecule has 4 rings (SSSR count). The highest BCUT2D eigenvalue weighted by Gasteiger charge is 2.24. The molecule has 0 saturated heterocycles. The zero-order valence-electron chi connectivity index (χ0n) is 12.3. The molecule has 1 amide bonds. The van der Waals surface area contributed by atoms with Gasteiger partial charge in [0.15, 0.2) is 0 Å². The molecule has 1 saturated carbocycles. The highest BCUT2D eigenvalue weighted by molar-refractivity contribution is 5.94. The number of para-hydroxylation sites is 1. The summed E-state index contributed by atoms with van der Waals surface area (Å²) in [6.45, 7) is 0.907. The van der Waals surface area contributed by atoms with E-state index >= 15 is 0 Å². The maximum Gasteiger partial charge on any atom is 0.254 e. The number of aryl methyl sites for hydroxylation is 1. The topological polar surface area (TPSA) is 58.1 Å². The third-order valence-corrected chi connectivity index (χ3v) is 4.16. The molecule has 22 heavy (non-hydrogen) atoms. The first-order chi connectivity index (χ1) is 10.8. The summed E-state index contributed by atoms with van der Waals surface area (Å²) in [5.74, 6) is 0.586. The Kier molecular flexibility index (Phi) is 3.25. The highest BCUT2D eigenvalue weighted by atomic mass is 16.1. The van der Waals surface area contributed by atoms with Crippen LogP contribution in [0.4, 0.5) is 11.6 Å². The van der Waals surface area contributed by atoms with E-state index in [9.17, 15) is 4.79 Å². The standard InChI is InChI=1S/C17H18N4O/c22-16(20-14-7-8-14)13-10-18-17(19-11-13)21-9-3-5-12-4-1-2-6-15(12)21/h1-2,4,6,10-11,14H,3,5,7-9H2,(H,20,22). The predicted octanol–water partition coefficient (Wildman–Crippen LogP) is 2.45. The molecule has 0 unspecified atom stereocenters. The second kappa shape index (κ2) is 5.40. The molecule has 112 valence electrons. The zero-order chi connectivity index (χ0) is 14.9. The van der Waals surface area contributed by atoms with Crippen molar-refractivity contribution in [2.45, 2.75) is 31.7 Å². The first-order valence-corrected chi connectivity index (χ1v) is 7.79. The number of rotatable bonds is 3. The molecule has 5 heteroatoms. The number of amides is 1. The predicted molar refractivity (Wildman–Crippen MR) is 84.3 cm³/mol. The van der Waals surface area contributed by atoms with Crippen molar-refractivity contribution in [2.24, 2.45) is 0 Å². The normalized spacial score (nSPS) is 17.0. The number of nitrogens with one attached hydrogen (secondary N) is 1. The lowest BCUT2D eigenvalue weighted by Gasteiger charge is -2.29. The van der Waals surface area contributed by atoms with Crippen LogP contribution in [0.1, 0.15) is 35.2 Å². The quantitative estimate of drug-likeness (QED) is 0.944. The lowest BCUT2D eigenvalue weighted by Crippen LogP contribution is -2.28. The number of carbonyl (C=O) groups excluding carboxylic acids is 1. The van der Waals surface area contributed by atoms with Gasteiger partial charge < -0.3 is 10.2 Å². The summed E-state index contributed by atoms with van der Waals surface area (Å²) >= 11 is 0. The lowest BCUT2D eigenvalue weighted by atomic mass is 10.0.